The van der Waals surface area contributed by atoms with Gasteiger partial charge in [-0.3, -0.25) is 16.0 Å². The van der Waals surface area contributed by atoms with Crippen LogP contribution in [-0.2, 0) is 0 Å². The molecule has 1 aliphatic heterocycles. The highest BCUT2D eigenvalue weighted by molar-refractivity contribution is 4.52. The number of rotatable bonds is 0. The van der Waals surface area contributed by atoms with Gasteiger partial charge in [-0.15, -0.1) is 0 Å². The molecule has 1 heterocycles. The molecule has 0 bridgehead atoms. The fraction of sp³-hybridized carbons (Fsp3) is 1.00. The smallest absolute Gasteiger partial charge is 0.133 e. The molecule has 0 radical (unpaired) electrons. The van der Waals surface area contributed by atoms with Crippen molar-refractivity contribution in [2.45, 2.75) is 0 Å². The van der Waals surface area contributed by atoms with Gasteiger partial charge >= 0.3 is 0 Å². The predicted octanol–water partition coefficient (Wildman–Crippen LogP) is -2.15. The molecule has 1 rings (SSSR count). The lowest BCUT2D eigenvalue weighted by Gasteiger charge is -2.30. The van der Waals surface area contributed by atoms with Crippen molar-refractivity contribution in [3.8, 4) is 0 Å². The average molecular weight is 231 g/mol. The Morgan fingerprint density at radius 3 is 1.56 bits per heavy atom. The average Bonchev–Trinajstić information content (AvgIpc) is 2.24. The minimum absolute atomic E-state index is 0.861. The molecule has 0 aliphatic carbocycles. The molecule has 1 fully saturated rings. The lowest BCUT2D eigenvalue weighted by Crippen LogP contribution is -2.53. The summed E-state index contributed by atoms with van der Waals surface area (Å²) in [5.41, 5.74) is 0. The van der Waals surface area contributed by atoms with Crippen molar-refractivity contribution in [2.75, 3.05) is 66.9 Å². The molecule has 6 nitrogen and oxygen atoms in total. The highest BCUT2D eigenvalue weighted by atomic mass is 15.4. The summed E-state index contributed by atoms with van der Waals surface area (Å²) in [6, 6.07) is 0. The summed E-state index contributed by atoms with van der Waals surface area (Å²) >= 11 is 0. The summed E-state index contributed by atoms with van der Waals surface area (Å²) in [5.74, 6) is 0. The van der Waals surface area contributed by atoms with Crippen LogP contribution in [-0.4, -0.2) is 71.4 Å². The van der Waals surface area contributed by atoms with E-state index in [1.165, 1.54) is 0 Å². The Hall–Kier alpha value is -0.240. The van der Waals surface area contributed by atoms with E-state index in [0.29, 0.717) is 0 Å². The van der Waals surface area contributed by atoms with Crippen molar-refractivity contribution < 1.29 is 4.48 Å². The Labute approximate surface area is 98.7 Å². The molecule has 0 atom stereocenters. The summed E-state index contributed by atoms with van der Waals surface area (Å²) in [4.78, 5) is 0. The van der Waals surface area contributed by atoms with Gasteiger partial charge in [0.15, 0.2) is 0 Å². The van der Waals surface area contributed by atoms with Gasteiger partial charge in [0.25, 0.3) is 0 Å². The summed E-state index contributed by atoms with van der Waals surface area (Å²) in [6.45, 7) is 7.74. The second-order valence-electron chi connectivity index (χ2n) is 4.86. The second kappa shape index (κ2) is 7.94. The van der Waals surface area contributed by atoms with Crippen molar-refractivity contribution in [1.82, 2.24) is 26.6 Å². The lowest BCUT2D eigenvalue weighted by molar-refractivity contribution is -0.895. The van der Waals surface area contributed by atoms with Crippen LogP contribution in [0.3, 0.4) is 0 Å². The van der Waals surface area contributed by atoms with Gasteiger partial charge in [-0.05, 0) is 0 Å². The third-order valence-corrected chi connectivity index (χ3v) is 2.54. The first-order chi connectivity index (χ1) is 7.71. The van der Waals surface area contributed by atoms with Crippen molar-refractivity contribution >= 4 is 0 Å². The molecular weight excluding hydrogens is 204 g/mol. The molecule has 1 saturated heterocycles. The van der Waals surface area contributed by atoms with E-state index >= 15 is 0 Å². The fourth-order valence-corrected chi connectivity index (χ4v) is 1.59. The lowest BCUT2D eigenvalue weighted by atomic mass is 10.5. The maximum absolute atomic E-state index is 3.46. The first-order valence-corrected chi connectivity index (χ1v) is 6.06. The molecule has 16 heavy (non-hydrogen) atoms. The minimum Gasteiger partial charge on any atom is -0.304 e. The summed E-state index contributed by atoms with van der Waals surface area (Å²) < 4.78 is 0.957. The monoisotopic (exact) mass is 231 g/mol. The SMILES string of the molecule is C[N+]1(C)CNCCNCNCNCCNC1. The predicted molar refractivity (Wildman–Crippen MR) is 66.7 cm³/mol. The Balaban J connectivity index is 2.22. The van der Waals surface area contributed by atoms with E-state index in [4.69, 9.17) is 0 Å². The Morgan fingerprint density at radius 1 is 0.625 bits per heavy atom. The van der Waals surface area contributed by atoms with E-state index in [0.717, 1.165) is 57.3 Å². The van der Waals surface area contributed by atoms with Gasteiger partial charge in [-0.2, -0.15) is 0 Å². The molecule has 1 aliphatic rings. The zero-order valence-electron chi connectivity index (χ0n) is 10.6. The van der Waals surface area contributed by atoms with Gasteiger partial charge in [-0.1, -0.05) is 0 Å². The van der Waals surface area contributed by atoms with Crippen LogP contribution in [0.25, 0.3) is 0 Å². The van der Waals surface area contributed by atoms with Crippen LogP contribution < -0.4 is 26.6 Å². The van der Waals surface area contributed by atoms with Gasteiger partial charge in [0.2, 0.25) is 0 Å². The van der Waals surface area contributed by atoms with E-state index in [1.54, 1.807) is 0 Å². The topological polar surface area (TPSA) is 60.1 Å². The van der Waals surface area contributed by atoms with Gasteiger partial charge in [0, 0.05) is 39.5 Å². The van der Waals surface area contributed by atoms with E-state index in [9.17, 15) is 0 Å². The zero-order valence-corrected chi connectivity index (χ0v) is 10.6. The number of quaternary nitrogens is 1. The van der Waals surface area contributed by atoms with Crippen LogP contribution in [0.1, 0.15) is 0 Å². The van der Waals surface area contributed by atoms with Crippen LogP contribution in [0.15, 0.2) is 0 Å². The maximum Gasteiger partial charge on any atom is 0.133 e. The summed E-state index contributed by atoms with van der Waals surface area (Å²) in [5, 5.41) is 16.8. The van der Waals surface area contributed by atoms with Crippen LogP contribution in [0.4, 0.5) is 0 Å². The van der Waals surface area contributed by atoms with Crippen LogP contribution >= 0.6 is 0 Å². The molecule has 6 heteroatoms. The van der Waals surface area contributed by atoms with Crippen LogP contribution in [0.5, 0.6) is 0 Å². The Morgan fingerprint density at radius 2 is 1.06 bits per heavy atom. The second-order valence-corrected chi connectivity index (χ2v) is 4.86. The summed E-state index contributed by atoms with van der Waals surface area (Å²) in [7, 11) is 4.46. The van der Waals surface area contributed by atoms with E-state index in [-0.39, 0.29) is 0 Å². The molecule has 5 N–H and O–H groups in total. The van der Waals surface area contributed by atoms with E-state index < -0.39 is 0 Å². The van der Waals surface area contributed by atoms with Crippen molar-refractivity contribution in [1.29, 1.82) is 0 Å². The van der Waals surface area contributed by atoms with Gasteiger partial charge in [0.1, 0.15) is 13.3 Å². The third-order valence-electron chi connectivity index (χ3n) is 2.54. The van der Waals surface area contributed by atoms with Crippen molar-refractivity contribution in [3.05, 3.63) is 0 Å². The molecule has 0 unspecified atom stereocenters. The molecular formula is C10H27N6+. The van der Waals surface area contributed by atoms with Gasteiger partial charge < -0.3 is 15.1 Å². The number of hydrogen-bond donors (Lipinski definition) is 5. The largest absolute Gasteiger partial charge is 0.304 e. The molecule has 0 aromatic carbocycles. The number of nitrogens with one attached hydrogen (secondary N) is 5. The molecule has 0 amide bonds. The standard InChI is InChI=1S/C10H27N6/c1-16(2)9-13-5-3-11-7-15-8-12-4-6-14-10-16/h11-15H,3-10H2,1-2H3/q+1. The summed E-state index contributed by atoms with van der Waals surface area (Å²) in [6.07, 6.45) is 0. The van der Waals surface area contributed by atoms with Gasteiger partial charge in [0.05, 0.1) is 14.1 Å². The Bertz CT molecular complexity index is 157. The van der Waals surface area contributed by atoms with Crippen LogP contribution in [0.2, 0.25) is 0 Å². The molecule has 0 spiro atoms. The molecule has 0 saturated carbocycles. The highest BCUT2D eigenvalue weighted by Gasteiger charge is 2.12. The van der Waals surface area contributed by atoms with E-state index in [2.05, 4.69) is 40.7 Å². The van der Waals surface area contributed by atoms with Crippen LogP contribution in [0, 0.1) is 0 Å². The first kappa shape index (κ1) is 13.8. The Kier molecular flexibility index (Phi) is 6.86. The first-order valence-electron chi connectivity index (χ1n) is 6.06. The minimum atomic E-state index is 0.861. The van der Waals surface area contributed by atoms with Crippen molar-refractivity contribution in [2.24, 2.45) is 0 Å². The molecule has 0 aromatic heterocycles. The fourth-order valence-electron chi connectivity index (χ4n) is 1.59. The maximum atomic E-state index is 3.46. The quantitative estimate of drug-likeness (QED) is 0.308. The number of nitrogens with zero attached hydrogens (tertiary/aromatic N) is 1. The van der Waals surface area contributed by atoms with E-state index in [1.807, 2.05) is 0 Å². The normalized spacial score (nSPS) is 25.9. The van der Waals surface area contributed by atoms with Gasteiger partial charge in [-0.25, -0.2) is 0 Å². The number of hydrogen-bond acceptors (Lipinski definition) is 5. The van der Waals surface area contributed by atoms with Crippen molar-refractivity contribution in [3.63, 3.8) is 0 Å². The highest BCUT2D eigenvalue weighted by Crippen LogP contribution is 1.90. The molecule has 96 valence electrons. The molecule has 0 aromatic rings. The zero-order chi connectivity index (χ0) is 11.7. The third kappa shape index (κ3) is 7.10.